The molecular formula is C9H14N2O2. The van der Waals surface area contributed by atoms with Gasteiger partial charge >= 0.3 is 0 Å². The van der Waals surface area contributed by atoms with Crippen molar-refractivity contribution in [3.8, 4) is 11.5 Å². The summed E-state index contributed by atoms with van der Waals surface area (Å²) >= 11 is 0. The summed E-state index contributed by atoms with van der Waals surface area (Å²) in [4.78, 5) is 0. The molecule has 0 radical (unpaired) electrons. The first-order valence-electron chi connectivity index (χ1n) is 4.09. The van der Waals surface area contributed by atoms with Gasteiger partial charge in [0.2, 0.25) is 0 Å². The van der Waals surface area contributed by atoms with Gasteiger partial charge in [0.05, 0.1) is 19.4 Å². The third-order valence-electron chi connectivity index (χ3n) is 1.64. The Morgan fingerprint density at radius 3 is 2.77 bits per heavy atom. The second kappa shape index (κ2) is 4.57. The zero-order valence-corrected chi connectivity index (χ0v) is 7.83. The van der Waals surface area contributed by atoms with Crippen LogP contribution in [0.25, 0.3) is 0 Å². The quantitative estimate of drug-likeness (QED) is 0.545. The van der Waals surface area contributed by atoms with E-state index in [4.69, 9.17) is 15.3 Å². The maximum Gasteiger partial charge on any atom is 0.143 e. The molecule has 0 fully saturated rings. The molecular weight excluding hydrogens is 168 g/mol. The molecule has 0 amide bonds. The Hall–Kier alpha value is -1.42. The lowest BCUT2D eigenvalue weighted by atomic mass is 10.3. The number of anilines is 1. The number of hydrogen-bond donors (Lipinski definition) is 2. The van der Waals surface area contributed by atoms with Crippen LogP contribution in [0.15, 0.2) is 18.2 Å². The summed E-state index contributed by atoms with van der Waals surface area (Å²) in [7, 11) is 1.59. The molecule has 0 aliphatic rings. The normalized spacial score (nSPS) is 9.46. The summed E-state index contributed by atoms with van der Waals surface area (Å²) < 4.78 is 10.4. The third kappa shape index (κ3) is 2.26. The van der Waals surface area contributed by atoms with Gasteiger partial charge in [-0.15, -0.1) is 0 Å². The van der Waals surface area contributed by atoms with E-state index in [0.29, 0.717) is 18.0 Å². The average molecular weight is 182 g/mol. The Morgan fingerprint density at radius 1 is 1.46 bits per heavy atom. The maximum atomic E-state index is 5.31. The number of hydrogen-bond acceptors (Lipinski definition) is 4. The van der Waals surface area contributed by atoms with Crippen LogP contribution >= 0.6 is 0 Å². The number of hydrazine groups is 1. The minimum absolute atomic E-state index is 0.635. The van der Waals surface area contributed by atoms with Crippen molar-refractivity contribution in [3.63, 3.8) is 0 Å². The van der Waals surface area contributed by atoms with E-state index in [1.807, 2.05) is 13.0 Å². The first kappa shape index (κ1) is 9.67. The van der Waals surface area contributed by atoms with E-state index in [2.05, 4.69) is 5.43 Å². The van der Waals surface area contributed by atoms with Crippen molar-refractivity contribution in [3.05, 3.63) is 18.2 Å². The summed E-state index contributed by atoms with van der Waals surface area (Å²) in [6.45, 7) is 2.57. The van der Waals surface area contributed by atoms with E-state index < -0.39 is 0 Å². The van der Waals surface area contributed by atoms with E-state index in [9.17, 15) is 0 Å². The summed E-state index contributed by atoms with van der Waals surface area (Å²) in [6, 6.07) is 5.44. The van der Waals surface area contributed by atoms with Crippen molar-refractivity contribution in [2.24, 2.45) is 5.84 Å². The highest BCUT2D eigenvalue weighted by Gasteiger charge is 2.02. The monoisotopic (exact) mass is 182 g/mol. The van der Waals surface area contributed by atoms with Crippen molar-refractivity contribution in [2.45, 2.75) is 6.92 Å². The van der Waals surface area contributed by atoms with E-state index >= 15 is 0 Å². The number of nitrogen functional groups attached to an aromatic ring is 1. The van der Waals surface area contributed by atoms with Gasteiger partial charge < -0.3 is 14.9 Å². The van der Waals surface area contributed by atoms with E-state index in [1.165, 1.54) is 0 Å². The molecule has 0 bridgehead atoms. The highest BCUT2D eigenvalue weighted by atomic mass is 16.5. The van der Waals surface area contributed by atoms with Crippen LogP contribution in [-0.2, 0) is 0 Å². The van der Waals surface area contributed by atoms with Crippen LogP contribution in [0.3, 0.4) is 0 Å². The number of nitrogens with two attached hydrogens (primary N) is 1. The average Bonchev–Trinajstić information content (AvgIpc) is 2.18. The van der Waals surface area contributed by atoms with Crippen LogP contribution in [-0.4, -0.2) is 13.7 Å². The lowest BCUT2D eigenvalue weighted by molar-refractivity contribution is 0.339. The van der Waals surface area contributed by atoms with Gasteiger partial charge in [0.25, 0.3) is 0 Å². The van der Waals surface area contributed by atoms with Crippen molar-refractivity contribution in [1.29, 1.82) is 0 Å². The third-order valence-corrected chi connectivity index (χ3v) is 1.64. The molecule has 0 saturated carbocycles. The molecule has 3 N–H and O–H groups in total. The molecule has 4 heteroatoms. The first-order valence-corrected chi connectivity index (χ1v) is 4.09. The maximum absolute atomic E-state index is 5.31. The lowest BCUT2D eigenvalue weighted by Crippen LogP contribution is -2.08. The van der Waals surface area contributed by atoms with E-state index in [1.54, 1.807) is 19.2 Å². The standard InChI is InChI=1S/C9H14N2O2/c1-3-13-7-4-5-9(12-2)8(6-7)11-10/h4-6,11H,3,10H2,1-2H3. The zero-order chi connectivity index (χ0) is 9.68. The summed E-state index contributed by atoms with van der Waals surface area (Å²) in [6.07, 6.45) is 0. The molecule has 0 spiro atoms. The second-order valence-corrected chi connectivity index (χ2v) is 2.44. The highest BCUT2D eigenvalue weighted by Crippen LogP contribution is 2.27. The van der Waals surface area contributed by atoms with Crippen molar-refractivity contribution >= 4 is 5.69 Å². The van der Waals surface area contributed by atoms with Crippen LogP contribution < -0.4 is 20.7 Å². The molecule has 0 heterocycles. The molecule has 13 heavy (non-hydrogen) atoms. The molecule has 1 aromatic rings. The number of ether oxygens (including phenoxy) is 2. The summed E-state index contributed by atoms with van der Waals surface area (Å²) in [5, 5.41) is 0. The topological polar surface area (TPSA) is 56.5 Å². The number of benzene rings is 1. The second-order valence-electron chi connectivity index (χ2n) is 2.44. The van der Waals surface area contributed by atoms with Gasteiger partial charge in [0, 0.05) is 6.07 Å². The summed E-state index contributed by atoms with van der Waals surface area (Å²) in [5.41, 5.74) is 3.26. The largest absolute Gasteiger partial charge is 0.495 e. The number of rotatable bonds is 4. The lowest BCUT2D eigenvalue weighted by Gasteiger charge is -2.09. The molecule has 1 rings (SSSR count). The van der Waals surface area contributed by atoms with E-state index in [0.717, 1.165) is 5.75 Å². The molecule has 0 saturated heterocycles. The van der Waals surface area contributed by atoms with Crippen LogP contribution in [0.4, 0.5) is 5.69 Å². The fourth-order valence-corrected chi connectivity index (χ4v) is 1.06. The van der Waals surface area contributed by atoms with Crippen molar-refractivity contribution in [1.82, 2.24) is 0 Å². The Balaban J connectivity index is 2.91. The van der Waals surface area contributed by atoms with Crippen molar-refractivity contribution < 1.29 is 9.47 Å². The first-order chi connectivity index (χ1) is 6.31. The smallest absolute Gasteiger partial charge is 0.143 e. The van der Waals surface area contributed by atoms with Crippen molar-refractivity contribution in [2.75, 3.05) is 19.1 Å². The van der Waals surface area contributed by atoms with Crippen LogP contribution in [0, 0.1) is 0 Å². The Morgan fingerprint density at radius 2 is 2.23 bits per heavy atom. The van der Waals surface area contributed by atoms with Crippen LogP contribution in [0.1, 0.15) is 6.92 Å². The highest BCUT2D eigenvalue weighted by molar-refractivity contribution is 5.58. The van der Waals surface area contributed by atoms with Crippen LogP contribution in [0.5, 0.6) is 11.5 Å². The zero-order valence-electron chi connectivity index (χ0n) is 7.83. The SMILES string of the molecule is CCOc1ccc(OC)c(NN)c1. The molecule has 0 aliphatic carbocycles. The molecule has 0 unspecified atom stereocenters. The predicted molar refractivity (Wildman–Crippen MR) is 52.0 cm³/mol. The molecule has 4 nitrogen and oxygen atoms in total. The predicted octanol–water partition coefficient (Wildman–Crippen LogP) is 1.38. The Labute approximate surface area is 77.6 Å². The summed E-state index contributed by atoms with van der Waals surface area (Å²) in [5.74, 6) is 6.78. The number of nitrogens with one attached hydrogen (secondary N) is 1. The van der Waals surface area contributed by atoms with Gasteiger partial charge in [-0.3, -0.25) is 5.84 Å². The van der Waals surface area contributed by atoms with Gasteiger partial charge in [-0.25, -0.2) is 0 Å². The van der Waals surface area contributed by atoms with E-state index in [-0.39, 0.29) is 0 Å². The minimum Gasteiger partial charge on any atom is -0.495 e. The van der Waals surface area contributed by atoms with Gasteiger partial charge in [0.1, 0.15) is 11.5 Å². The molecule has 0 aromatic heterocycles. The molecule has 1 aromatic carbocycles. The fourth-order valence-electron chi connectivity index (χ4n) is 1.06. The number of methoxy groups -OCH3 is 1. The molecule has 72 valence electrons. The van der Waals surface area contributed by atoms with Gasteiger partial charge in [-0.2, -0.15) is 0 Å². The minimum atomic E-state index is 0.635. The molecule has 0 aliphatic heterocycles. The Bertz CT molecular complexity index is 276. The van der Waals surface area contributed by atoms with Crippen LogP contribution in [0.2, 0.25) is 0 Å². The van der Waals surface area contributed by atoms with Gasteiger partial charge in [-0.05, 0) is 19.1 Å². The Kier molecular flexibility index (Phi) is 3.40. The fraction of sp³-hybridized carbons (Fsp3) is 0.333. The molecule has 0 atom stereocenters. The van der Waals surface area contributed by atoms with Gasteiger partial charge in [-0.1, -0.05) is 0 Å². The van der Waals surface area contributed by atoms with Gasteiger partial charge in [0.15, 0.2) is 0 Å².